The van der Waals surface area contributed by atoms with Gasteiger partial charge in [-0.05, 0) is 78.7 Å². The van der Waals surface area contributed by atoms with E-state index in [2.05, 4.69) is 26.6 Å². The van der Waals surface area contributed by atoms with Crippen LogP contribution in [0.3, 0.4) is 0 Å². The summed E-state index contributed by atoms with van der Waals surface area (Å²) in [4.78, 5) is 39.6. The highest BCUT2D eigenvalue weighted by Gasteiger charge is 2.39. The summed E-state index contributed by atoms with van der Waals surface area (Å²) in [7, 11) is 0. The number of amides is 3. The second kappa shape index (κ2) is 12.5. The molecule has 1 unspecified atom stereocenters. The number of phenols is 1. The molecule has 1 saturated heterocycles. The summed E-state index contributed by atoms with van der Waals surface area (Å²) < 4.78 is 14.3. The number of nitrogens with zero attached hydrogens (tertiary/aromatic N) is 1. The van der Waals surface area contributed by atoms with E-state index in [0.717, 1.165) is 42.0 Å². The first-order chi connectivity index (χ1) is 22.3. The van der Waals surface area contributed by atoms with Crippen LogP contribution >= 0.6 is 27.3 Å². The van der Waals surface area contributed by atoms with Gasteiger partial charge in [0, 0.05) is 50.9 Å². The van der Waals surface area contributed by atoms with Gasteiger partial charge < -0.3 is 24.8 Å². The lowest BCUT2D eigenvalue weighted by Crippen LogP contribution is -2.52. The van der Waals surface area contributed by atoms with Crippen molar-refractivity contribution in [3.05, 3.63) is 101 Å². The molecule has 0 aliphatic carbocycles. The number of rotatable bonds is 9. The van der Waals surface area contributed by atoms with Crippen LogP contribution in [-0.2, 0) is 16.1 Å². The van der Waals surface area contributed by atoms with Gasteiger partial charge in [0.05, 0.1) is 4.88 Å². The van der Waals surface area contributed by atoms with Crippen LogP contribution in [0.25, 0.3) is 20.5 Å². The third kappa shape index (κ3) is 5.91. The van der Waals surface area contributed by atoms with Crippen LogP contribution in [0, 0.1) is 0 Å². The molecule has 1 fully saturated rings. The van der Waals surface area contributed by atoms with Gasteiger partial charge in [-0.1, -0.05) is 34.1 Å². The Morgan fingerprint density at radius 2 is 1.76 bits per heavy atom. The standard InChI is InChI=1S/C35H28BrN3O6S/c36-21-6-4-20(5-7-21)33-32(26-13-8-22(40)18-30(26)46-33)45-24-11-9-23(10-12-24)44-17-16-37-28-3-1-2-25-27(28)19-39(35(25)43)29-14-15-31(41)38-34(29)42/h1-13,18,29,37,40H,14-17,19H2,(H,38,41,42). The number of carbonyl (C=O) groups excluding carboxylic acids is 3. The second-order valence-electron chi connectivity index (χ2n) is 11.0. The Kier molecular flexibility index (Phi) is 8.10. The molecule has 4 aromatic carbocycles. The van der Waals surface area contributed by atoms with Crippen LogP contribution in [0.5, 0.6) is 23.0 Å². The van der Waals surface area contributed by atoms with Crippen LogP contribution in [0.1, 0.15) is 28.8 Å². The summed E-state index contributed by atoms with van der Waals surface area (Å²) in [5.41, 5.74) is 3.22. The molecule has 3 amide bonds. The minimum absolute atomic E-state index is 0.204. The second-order valence-corrected chi connectivity index (χ2v) is 13.0. The molecule has 1 atom stereocenters. The molecule has 0 saturated carbocycles. The topological polar surface area (TPSA) is 117 Å². The van der Waals surface area contributed by atoms with Gasteiger partial charge in [0.2, 0.25) is 11.8 Å². The Balaban J connectivity index is 0.987. The zero-order valence-electron chi connectivity index (χ0n) is 24.4. The largest absolute Gasteiger partial charge is 0.508 e. The fourth-order valence-corrected chi connectivity index (χ4v) is 7.21. The number of thiophene rings is 1. The number of anilines is 1. The summed E-state index contributed by atoms with van der Waals surface area (Å²) in [5.74, 6) is 1.33. The van der Waals surface area contributed by atoms with E-state index in [0.29, 0.717) is 43.2 Å². The smallest absolute Gasteiger partial charge is 0.255 e. The fraction of sp³-hybridized carbons (Fsp3) is 0.171. The molecule has 0 bridgehead atoms. The minimum Gasteiger partial charge on any atom is -0.508 e. The van der Waals surface area contributed by atoms with Crippen molar-refractivity contribution in [2.24, 2.45) is 0 Å². The van der Waals surface area contributed by atoms with Crippen molar-refractivity contribution in [2.45, 2.75) is 25.4 Å². The lowest BCUT2D eigenvalue weighted by molar-refractivity contribution is -0.136. The number of aromatic hydroxyl groups is 1. The monoisotopic (exact) mass is 697 g/mol. The Morgan fingerprint density at radius 1 is 0.978 bits per heavy atom. The van der Waals surface area contributed by atoms with Gasteiger partial charge in [0.15, 0.2) is 5.75 Å². The molecule has 2 aliphatic rings. The lowest BCUT2D eigenvalue weighted by Gasteiger charge is -2.29. The first-order valence-corrected chi connectivity index (χ1v) is 16.4. The SMILES string of the molecule is O=C1CCC(N2Cc3c(NCCOc4ccc(Oc5c(-c6ccc(Br)cc6)sc6cc(O)ccc56)cc4)cccc3C2=O)C(=O)N1. The normalized spacial score (nSPS) is 16.0. The summed E-state index contributed by atoms with van der Waals surface area (Å²) in [5, 5.41) is 16.7. The summed E-state index contributed by atoms with van der Waals surface area (Å²) in [6.07, 6.45) is 0.543. The first-order valence-electron chi connectivity index (χ1n) is 14.8. The average Bonchev–Trinajstić information content (AvgIpc) is 3.57. The van der Waals surface area contributed by atoms with Gasteiger partial charge >= 0.3 is 0 Å². The quantitative estimate of drug-likeness (QED) is 0.111. The maximum atomic E-state index is 13.1. The van der Waals surface area contributed by atoms with Gasteiger partial charge in [0.1, 0.15) is 29.9 Å². The van der Waals surface area contributed by atoms with Gasteiger partial charge in [-0.2, -0.15) is 0 Å². The van der Waals surface area contributed by atoms with Crippen LogP contribution in [-0.4, -0.2) is 46.9 Å². The molecular formula is C35H28BrN3O6S. The number of piperidine rings is 1. The van der Waals surface area contributed by atoms with Gasteiger partial charge in [-0.25, -0.2) is 0 Å². The van der Waals surface area contributed by atoms with E-state index in [1.54, 1.807) is 34.4 Å². The molecule has 2 aliphatic heterocycles. The fourth-order valence-electron chi connectivity index (χ4n) is 5.78. The van der Waals surface area contributed by atoms with Crippen LogP contribution in [0.4, 0.5) is 5.69 Å². The zero-order valence-corrected chi connectivity index (χ0v) is 26.8. The molecule has 46 heavy (non-hydrogen) atoms. The number of imide groups is 1. The number of halogens is 1. The van der Waals surface area contributed by atoms with Crippen molar-refractivity contribution in [3.63, 3.8) is 0 Å². The number of ether oxygens (including phenoxy) is 2. The third-order valence-corrected chi connectivity index (χ3v) is 9.76. The molecule has 232 valence electrons. The first kappa shape index (κ1) is 29.8. The number of carbonyl (C=O) groups is 3. The predicted molar refractivity (Wildman–Crippen MR) is 180 cm³/mol. The highest BCUT2D eigenvalue weighted by atomic mass is 79.9. The number of fused-ring (bicyclic) bond motifs is 2. The van der Waals surface area contributed by atoms with E-state index in [4.69, 9.17) is 9.47 Å². The Bertz CT molecular complexity index is 1980. The van der Waals surface area contributed by atoms with E-state index in [1.165, 1.54) is 0 Å². The molecule has 5 aromatic rings. The summed E-state index contributed by atoms with van der Waals surface area (Å²) in [6, 6.07) is 25.6. The van der Waals surface area contributed by atoms with Crippen molar-refractivity contribution in [2.75, 3.05) is 18.5 Å². The Labute approximate surface area is 276 Å². The van der Waals surface area contributed by atoms with E-state index >= 15 is 0 Å². The van der Waals surface area contributed by atoms with E-state index < -0.39 is 11.9 Å². The van der Waals surface area contributed by atoms with Crippen molar-refractivity contribution < 1.29 is 29.0 Å². The molecule has 1 aromatic heterocycles. The van der Waals surface area contributed by atoms with Crippen molar-refractivity contribution in [1.29, 1.82) is 0 Å². The maximum absolute atomic E-state index is 13.1. The molecule has 9 nitrogen and oxygen atoms in total. The van der Waals surface area contributed by atoms with Crippen molar-refractivity contribution in [1.82, 2.24) is 10.2 Å². The highest BCUT2D eigenvalue weighted by molar-refractivity contribution is 9.10. The molecular weight excluding hydrogens is 670 g/mol. The Hall–Kier alpha value is -4.87. The summed E-state index contributed by atoms with van der Waals surface area (Å²) >= 11 is 5.06. The van der Waals surface area contributed by atoms with Gasteiger partial charge in [-0.15, -0.1) is 11.3 Å². The van der Waals surface area contributed by atoms with E-state index in [1.807, 2.05) is 66.7 Å². The number of benzene rings is 4. The predicted octanol–water partition coefficient (Wildman–Crippen LogP) is 7.08. The third-order valence-electron chi connectivity index (χ3n) is 8.05. The van der Waals surface area contributed by atoms with Crippen LogP contribution in [0.2, 0.25) is 0 Å². The molecule has 0 spiro atoms. The van der Waals surface area contributed by atoms with Gasteiger partial charge in [0.25, 0.3) is 5.91 Å². The van der Waals surface area contributed by atoms with E-state index in [-0.39, 0.29) is 24.0 Å². The molecule has 3 heterocycles. The lowest BCUT2D eigenvalue weighted by atomic mass is 10.0. The number of nitrogens with one attached hydrogen (secondary N) is 2. The maximum Gasteiger partial charge on any atom is 0.255 e. The van der Waals surface area contributed by atoms with Crippen LogP contribution in [0.15, 0.2) is 89.4 Å². The number of hydrogen-bond acceptors (Lipinski definition) is 8. The molecule has 11 heteroatoms. The zero-order chi connectivity index (χ0) is 31.8. The van der Waals surface area contributed by atoms with Gasteiger partial charge in [-0.3, -0.25) is 19.7 Å². The van der Waals surface area contributed by atoms with E-state index in [9.17, 15) is 19.5 Å². The van der Waals surface area contributed by atoms with Crippen LogP contribution < -0.4 is 20.1 Å². The summed E-state index contributed by atoms with van der Waals surface area (Å²) in [6.45, 7) is 1.17. The number of phenolic OH excluding ortho intramolecular Hbond substituents is 1. The molecule has 7 rings (SSSR count). The average molecular weight is 699 g/mol. The molecule has 3 N–H and O–H groups in total. The van der Waals surface area contributed by atoms with Crippen molar-refractivity contribution in [3.8, 4) is 33.4 Å². The molecule has 0 radical (unpaired) electrons. The van der Waals surface area contributed by atoms with Crippen molar-refractivity contribution >= 4 is 60.8 Å². The highest BCUT2D eigenvalue weighted by Crippen LogP contribution is 2.47. The number of hydrogen-bond donors (Lipinski definition) is 3. The Morgan fingerprint density at radius 3 is 2.54 bits per heavy atom. The minimum atomic E-state index is -0.653.